The predicted molar refractivity (Wildman–Crippen MR) is 135 cm³/mol. The van der Waals surface area contributed by atoms with Gasteiger partial charge >= 0.3 is 5.97 Å². The molecule has 0 aromatic heterocycles. The Morgan fingerprint density at radius 1 is 1.08 bits per heavy atom. The fourth-order valence-corrected chi connectivity index (χ4v) is 5.93. The minimum atomic E-state index is -1.36. The highest BCUT2D eigenvalue weighted by atomic mass is 16.7. The van der Waals surface area contributed by atoms with Crippen LogP contribution in [-0.2, 0) is 23.8 Å². The van der Waals surface area contributed by atoms with E-state index in [4.69, 9.17) is 25.9 Å². The minimum absolute atomic E-state index is 0.0387. The average molecular weight is 516 g/mol. The van der Waals surface area contributed by atoms with Gasteiger partial charge in [0.05, 0.1) is 30.3 Å². The molecule has 10 nitrogen and oxygen atoms in total. The number of esters is 1. The summed E-state index contributed by atoms with van der Waals surface area (Å²) in [6.07, 6.45) is -1.03. The van der Waals surface area contributed by atoms with Gasteiger partial charge in [-0.25, -0.2) is 0 Å². The monoisotopic (exact) mass is 515 g/mol. The van der Waals surface area contributed by atoms with Gasteiger partial charge in [0.1, 0.15) is 11.9 Å². The lowest BCUT2D eigenvalue weighted by atomic mass is 9.78. The van der Waals surface area contributed by atoms with Crippen LogP contribution in [0.2, 0.25) is 0 Å². The second-order valence-corrected chi connectivity index (χ2v) is 11.5. The molecule has 2 aliphatic heterocycles. The number of hydrogen-bond donors (Lipinski definition) is 4. The van der Waals surface area contributed by atoms with Crippen LogP contribution < -0.4 is 11.7 Å². The lowest BCUT2D eigenvalue weighted by molar-refractivity contribution is -0.244. The summed E-state index contributed by atoms with van der Waals surface area (Å²) in [6.45, 7) is 12.9. The fraction of sp³-hybridized carbons (Fsp3) is 0.923. The topological polar surface area (TPSA) is 158 Å². The Bertz CT molecular complexity index is 734. The fourth-order valence-electron chi connectivity index (χ4n) is 5.93. The normalized spacial score (nSPS) is 44.2. The number of nitrogens with two attached hydrogens (primary N) is 2. The first kappa shape index (κ1) is 31.1. The van der Waals surface area contributed by atoms with Gasteiger partial charge in [-0.15, -0.1) is 0 Å². The molecule has 2 fully saturated rings. The number of aliphatic hydroxyl groups excluding tert-OH is 1. The van der Waals surface area contributed by atoms with Crippen molar-refractivity contribution in [1.29, 1.82) is 0 Å². The zero-order valence-corrected chi connectivity index (χ0v) is 23.1. The summed E-state index contributed by atoms with van der Waals surface area (Å²) in [5.41, 5.74) is -1.36. The molecule has 11 atom stereocenters. The molecule has 0 radical (unpaired) electrons. The van der Waals surface area contributed by atoms with E-state index >= 15 is 0 Å². The molecule has 6 N–H and O–H groups in total. The van der Waals surface area contributed by atoms with Crippen LogP contribution >= 0.6 is 0 Å². The van der Waals surface area contributed by atoms with Crippen molar-refractivity contribution in [3.63, 3.8) is 0 Å². The van der Waals surface area contributed by atoms with Gasteiger partial charge in [0, 0.05) is 30.2 Å². The van der Waals surface area contributed by atoms with Crippen LogP contribution in [0.15, 0.2) is 0 Å². The number of cyclic esters (lactones) is 1. The van der Waals surface area contributed by atoms with E-state index in [-0.39, 0.29) is 42.6 Å². The van der Waals surface area contributed by atoms with Crippen molar-refractivity contribution in [2.24, 2.45) is 35.4 Å². The lowest BCUT2D eigenvalue weighted by Gasteiger charge is -2.41. The first-order chi connectivity index (χ1) is 16.7. The summed E-state index contributed by atoms with van der Waals surface area (Å²) in [6, 6.07) is -0.122. The highest BCUT2D eigenvalue weighted by Gasteiger charge is 2.41. The first-order valence-corrected chi connectivity index (χ1v) is 13.4. The van der Waals surface area contributed by atoms with Crippen LogP contribution in [0.5, 0.6) is 0 Å². The molecule has 0 aliphatic carbocycles. The zero-order valence-electron chi connectivity index (χ0n) is 23.1. The Morgan fingerprint density at radius 2 is 1.72 bits per heavy atom. The van der Waals surface area contributed by atoms with Crippen molar-refractivity contribution in [3.05, 3.63) is 0 Å². The molecule has 2 aliphatic rings. The van der Waals surface area contributed by atoms with Crippen molar-refractivity contribution >= 4 is 11.8 Å². The van der Waals surface area contributed by atoms with Gasteiger partial charge in [-0.3, -0.25) is 21.3 Å². The number of nitrogens with zero attached hydrogens (tertiary/aromatic N) is 1. The molecule has 2 saturated heterocycles. The number of carbonyl (C=O) groups is 2. The van der Waals surface area contributed by atoms with Gasteiger partial charge in [-0.1, -0.05) is 34.6 Å². The maximum Gasteiger partial charge on any atom is 0.308 e. The molecule has 10 heteroatoms. The lowest BCUT2D eigenvalue weighted by Crippen LogP contribution is -2.53. The molecule has 2 heterocycles. The van der Waals surface area contributed by atoms with E-state index < -0.39 is 48.0 Å². The molecule has 2 rings (SSSR count). The van der Waals surface area contributed by atoms with E-state index in [1.165, 1.54) is 5.12 Å². The highest BCUT2D eigenvalue weighted by Crippen LogP contribution is 2.34. The Morgan fingerprint density at radius 3 is 2.31 bits per heavy atom. The maximum absolute atomic E-state index is 13.2. The SMILES string of the molecule is CCC1OC(=O)CC(O)C(C)[C@@H](OC2CC(N(N)N)CC(C)O2)C(C)C[C@@H](C)C(=O)[C@H](C)C[C@]1(C)O. The zero-order chi connectivity index (χ0) is 27.4. The molecule has 7 unspecified atom stereocenters. The number of rotatable bonds is 4. The summed E-state index contributed by atoms with van der Waals surface area (Å²) in [5.74, 6) is 9.76. The van der Waals surface area contributed by atoms with E-state index in [9.17, 15) is 19.8 Å². The smallest absolute Gasteiger partial charge is 0.308 e. The molecule has 0 aromatic rings. The molecular formula is C26H49N3O7. The van der Waals surface area contributed by atoms with Gasteiger partial charge in [-0.2, -0.15) is 5.12 Å². The van der Waals surface area contributed by atoms with Crippen LogP contribution in [0.4, 0.5) is 0 Å². The molecule has 0 saturated carbocycles. The number of ether oxygens (including phenoxy) is 3. The third-order valence-corrected chi connectivity index (χ3v) is 8.00. The number of Topliss-reactive ketones (excluding diaryl/α,β-unsaturated/α-hetero) is 1. The van der Waals surface area contributed by atoms with Crippen molar-refractivity contribution in [2.75, 3.05) is 0 Å². The number of hydrazine groups is 2. The largest absolute Gasteiger partial charge is 0.459 e. The molecule has 0 aromatic carbocycles. The second-order valence-electron chi connectivity index (χ2n) is 11.5. The van der Waals surface area contributed by atoms with Crippen molar-refractivity contribution in [1.82, 2.24) is 5.12 Å². The Labute approximate surface area is 215 Å². The van der Waals surface area contributed by atoms with Crippen LogP contribution in [0.1, 0.15) is 87.0 Å². The van der Waals surface area contributed by atoms with Gasteiger partial charge in [0.2, 0.25) is 0 Å². The van der Waals surface area contributed by atoms with Crippen molar-refractivity contribution in [3.8, 4) is 0 Å². The first-order valence-electron chi connectivity index (χ1n) is 13.4. The van der Waals surface area contributed by atoms with Crippen molar-refractivity contribution < 1.29 is 34.0 Å². The Kier molecular flexibility index (Phi) is 11.3. The summed E-state index contributed by atoms with van der Waals surface area (Å²) in [7, 11) is 0. The third kappa shape index (κ3) is 8.18. The Hall–Kier alpha value is -1.14. The predicted octanol–water partition coefficient (Wildman–Crippen LogP) is 2.05. The summed E-state index contributed by atoms with van der Waals surface area (Å²) >= 11 is 0. The molecular weight excluding hydrogens is 466 g/mol. The van der Waals surface area contributed by atoms with E-state index in [0.717, 1.165) is 0 Å². The summed E-state index contributed by atoms with van der Waals surface area (Å²) in [4.78, 5) is 26.0. The second kappa shape index (κ2) is 13.1. The third-order valence-electron chi connectivity index (χ3n) is 8.00. The highest BCUT2D eigenvalue weighted by molar-refractivity contribution is 5.82. The number of hydrogen-bond acceptors (Lipinski definition) is 10. The van der Waals surface area contributed by atoms with Crippen LogP contribution in [0.3, 0.4) is 0 Å². The van der Waals surface area contributed by atoms with Crippen LogP contribution in [0, 0.1) is 23.7 Å². The van der Waals surface area contributed by atoms with Crippen molar-refractivity contribution in [2.45, 2.75) is 129 Å². The summed E-state index contributed by atoms with van der Waals surface area (Å²) in [5, 5.41) is 23.3. The minimum Gasteiger partial charge on any atom is -0.459 e. The van der Waals surface area contributed by atoms with E-state index in [1.54, 1.807) is 6.92 Å². The average Bonchev–Trinajstić information content (AvgIpc) is 2.78. The van der Waals surface area contributed by atoms with E-state index in [0.29, 0.717) is 25.7 Å². The summed E-state index contributed by atoms with van der Waals surface area (Å²) < 4.78 is 18.1. The molecule has 36 heavy (non-hydrogen) atoms. The van der Waals surface area contributed by atoms with Crippen LogP contribution in [0.25, 0.3) is 0 Å². The standard InChI is InChI=1S/C26H49N3O7/c1-8-21-26(7,33)13-16(4)24(32)14(2)9-15(3)25(18(6)20(30)12-22(31)35-21)36-23-11-19(29(27)28)10-17(5)34-23/h14-21,23,25,30,33H,8-13,27-28H2,1-7H3/t14-,15?,16-,17?,18?,19?,20?,21?,23?,25+,26+/m1/s1. The van der Waals surface area contributed by atoms with Gasteiger partial charge in [0.25, 0.3) is 0 Å². The van der Waals surface area contributed by atoms with Gasteiger partial charge in [0.15, 0.2) is 6.29 Å². The van der Waals surface area contributed by atoms with Gasteiger partial charge in [-0.05, 0) is 45.4 Å². The number of aliphatic hydroxyl groups is 2. The van der Waals surface area contributed by atoms with E-state index in [2.05, 4.69) is 0 Å². The molecule has 210 valence electrons. The maximum atomic E-state index is 13.2. The molecule has 0 spiro atoms. The number of carbonyl (C=O) groups excluding carboxylic acids is 2. The van der Waals surface area contributed by atoms with Gasteiger partial charge < -0.3 is 24.4 Å². The number of ketones is 1. The quantitative estimate of drug-likeness (QED) is 0.248. The van der Waals surface area contributed by atoms with Crippen LogP contribution in [-0.4, -0.2) is 69.4 Å². The van der Waals surface area contributed by atoms with E-state index in [1.807, 2.05) is 41.5 Å². The molecule has 0 bridgehead atoms. The molecule has 0 amide bonds. The Balaban J connectivity index is 2.32.